The maximum Gasteiger partial charge on any atom is 0.326 e. The van der Waals surface area contributed by atoms with Crippen LogP contribution in [0.25, 0.3) is 11.2 Å². The van der Waals surface area contributed by atoms with E-state index in [1.165, 1.54) is 6.33 Å². The predicted molar refractivity (Wildman–Crippen MR) is 144 cm³/mol. The molecule has 2 aromatic heterocycles. The molecule has 202 valence electrons. The van der Waals surface area contributed by atoms with Crippen LogP contribution in [0.15, 0.2) is 36.9 Å². The number of aromatic nitrogens is 4. The van der Waals surface area contributed by atoms with Gasteiger partial charge in [0.2, 0.25) is 7.44 Å². The summed E-state index contributed by atoms with van der Waals surface area (Å²) < 4.78 is 27.3. The Morgan fingerprint density at radius 3 is 2.59 bits per heavy atom. The van der Waals surface area contributed by atoms with Crippen molar-refractivity contribution in [3.05, 3.63) is 47.5 Å². The zero-order valence-corrected chi connectivity index (χ0v) is 23.4. The minimum Gasteiger partial charge on any atom is -0.464 e. The fourth-order valence-electron chi connectivity index (χ4n) is 3.71. The van der Waals surface area contributed by atoms with E-state index in [9.17, 15) is 9.36 Å². The van der Waals surface area contributed by atoms with Gasteiger partial charge in [0.1, 0.15) is 23.7 Å². The van der Waals surface area contributed by atoms with E-state index in [1.54, 1.807) is 36.9 Å². The fourth-order valence-corrected chi connectivity index (χ4v) is 6.27. The maximum atomic E-state index is 14.2. The molecule has 2 heterocycles. The number of nitrogens with zero attached hydrogens (tertiary/aromatic N) is 4. The highest BCUT2D eigenvalue weighted by Crippen LogP contribution is 2.42. The monoisotopic (exact) mass is 551 g/mol. The van der Waals surface area contributed by atoms with Gasteiger partial charge in [0.05, 0.1) is 25.6 Å². The average molecular weight is 552 g/mol. The van der Waals surface area contributed by atoms with Crippen molar-refractivity contribution in [2.24, 2.45) is 0 Å². The summed E-state index contributed by atoms with van der Waals surface area (Å²) in [5.41, 5.74) is 6.62. The second kappa shape index (κ2) is 12.3. The third-order valence-electron chi connectivity index (χ3n) is 5.60. The van der Waals surface area contributed by atoms with E-state index in [1.807, 2.05) is 32.9 Å². The Balaban J connectivity index is 1.76. The van der Waals surface area contributed by atoms with Crippen molar-refractivity contribution >= 4 is 42.0 Å². The molecule has 11 nitrogen and oxygen atoms in total. The molecule has 0 aliphatic carbocycles. The van der Waals surface area contributed by atoms with Crippen LogP contribution in [0.5, 0.6) is 0 Å². The SMILES string of the molecule is CCCOC(=O)C(C)(C)NP(=O)(COC(C)Cn1cnc2c(N)ncnc21)NC(C)c1ccc(Cl)cc1. The summed E-state index contributed by atoms with van der Waals surface area (Å²) in [4.78, 5) is 25.1. The lowest BCUT2D eigenvalue weighted by Gasteiger charge is -2.33. The van der Waals surface area contributed by atoms with Crippen LogP contribution in [-0.2, 0) is 25.4 Å². The fraction of sp³-hybridized carbons (Fsp3) is 0.500. The first-order chi connectivity index (χ1) is 17.4. The van der Waals surface area contributed by atoms with Gasteiger partial charge in [-0.25, -0.2) is 25.1 Å². The van der Waals surface area contributed by atoms with Crippen molar-refractivity contribution in [1.29, 1.82) is 0 Å². The first-order valence-electron chi connectivity index (χ1n) is 12.1. The van der Waals surface area contributed by atoms with Crippen molar-refractivity contribution < 1.29 is 18.8 Å². The molecule has 0 radical (unpaired) electrons. The van der Waals surface area contributed by atoms with E-state index in [0.717, 1.165) is 5.56 Å². The maximum absolute atomic E-state index is 14.2. The molecule has 3 unspecified atom stereocenters. The van der Waals surface area contributed by atoms with Gasteiger partial charge in [-0.15, -0.1) is 0 Å². The quantitative estimate of drug-likeness (QED) is 0.207. The van der Waals surface area contributed by atoms with Gasteiger partial charge in [0.25, 0.3) is 0 Å². The Morgan fingerprint density at radius 2 is 1.92 bits per heavy atom. The van der Waals surface area contributed by atoms with Crippen LogP contribution in [0.3, 0.4) is 0 Å². The lowest BCUT2D eigenvalue weighted by molar-refractivity contribution is -0.149. The molecule has 1 aromatic carbocycles. The number of nitrogens with one attached hydrogen (secondary N) is 2. The van der Waals surface area contributed by atoms with Crippen LogP contribution < -0.4 is 15.9 Å². The molecule has 37 heavy (non-hydrogen) atoms. The molecule has 13 heteroatoms. The molecular weight excluding hydrogens is 517 g/mol. The van der Waals surface area contributed by atoms with Crippen molar-refractivity contribution in [2.75, 3.05) is 18.7 Å². The van der Waals surface area contributed by atoms with Crippen LogP contribution in [0.1, 0.15) is 52.6 Å². The lowest BCUT2D eigenvalue weighted by Crippen LogP contribution is -2.49. The zero-order chi connectivity index (χ0) is 27.2. The predicted octanol–water partition coefficient (Wildman–Crippen LogP) is 4.29. The van der Waals surface area contributed by atoms with E-state index >= 15 is 0 Å². The number of fused-ring (bicyclic) bond motifs is 1. The molecule has 3 rings (SSSR count). The van der Waals surface area contributed by atoms with E-state index in [4.69, 9.17) is 26.8 Å². The molecule has 0 aliphatic rings. The molecule has 3 aromatic rings. The smallest absolute Gasteiger partial charge is 0.326 e. The number of anilines is 1. The number of benzene rings is 1. The molecule has 0 spiro atoms. The topological polar surface area (TPSA) is 146 Å². The first kappa shape index (κ1) is 29.0. The number of nitrogens with two attached hydrogens (primary N) is 1. The van der Waals surface area contributed by atoms with Gasteiger partial charge in [0, 0.05) is 11.1 Å². The third-order valence-corrected chi connectivity index (χ3v) is 8.09. The third kappa shape index (κ3) is 7.72. The molecule has 3 atom stereocenters. The number of carbonyl (C=O) groups is 1. The standard InChI is InChI=1S/C24H35ClN7O4P/c1-6-11-35-23(33)24(4,5)31-37(34,30-17(3)18-7-9-19(25)10-8-18)15-36-16(2)12-32-14-29-20-21(26)27-13-28-22(20)32/h7-10,13-14,16-17H,6,11-12,15H2,1-5H3,(H2,26,27,28)(H2,30,31,34). The molecule has 0 fully saturated rings. The Morgan fingerprint density at radius 1 is 1.22 bits per heavy atom. The van der Waals surface area contributed by atoms with Crippen LogP contribution >= 0.6 is 19.0 Å². The van der Waals surface area contributed by atoms with Crippen molar-refractivity contribution in [2.45, 2.75) is 65.3 Å². The summed E-state index contributed by atoms with van der Waals surface area (Å²) >= 11 is 6.02. The molecule has 0 saturated heterocycles. The van der Waals surface area contributed by atoms with Gasteiger partial charge in [0.15, 0.2) is 11.5 Å². The first-order valence-corrected chi connectivity index (χ1v) is 14.3. The Labute approximate surface area is 222 Å². The zero-order valence-electron chi connectivity index (χ0n) is 21.8. The number of carbonyl (C=O) groups excluding carboxylic acids is 1. The Kier molecular flexibility index (Phi) is 9.66. The van der Waals surface area contributed by atoms with E-state index in [2.05, 4.69) is 25.1 Å². The minimum atomic E-state index is -3.49. The number of imidazole rings is 1. The molecule has 4 N–H and O–H groups in total. The summed E-state index contributed by atoms with van der Waals surface area (Å²) in [7, 11) is -3.49. The van der Waals surface area contributed by atoms with Gasteiger partial charge >= 0.3 is 5.97 Å². The molecule has 0 amide bonds. The highest BCUT2D eigenvalue weighted by atomic mass is 35.5. The van der Waals surface area contributed by atoms with Crippen molar-refractivity contribution in [3.8, 4) is 0 Å². The van der Waals surface area contributed by atoms with Crippen LogP contribution in [-0.4, -0.2) is 50.1 Å². The highest BCUT2D eigenvalue weighted by Gasteiger charge is 2.38. The van der Waals surface area contributed by atoms with Gasteiger partial charge < -0.3 is 19.8 Å². The minimum absolute atomic E-state index is 0.180. The molecular formula is C24H35ClN7O4P. The average Bonchev–Trinajstić information content (AvgIpc) is 3.25. The largest absolute Gasteiger partial charge is 0.464 e. The van der Waals surface area contributed by atoms with E-state index < -0.39 is 19.0 Å². The van der Waals surface area contributed by atoms with Crippen molar-refractivity contribution in [3.63, 3.8) is 0 Å². The number of ether oxygens (including phenoxy) is 2. The summed E-state index contributed by atoms with van der Waals surface area (Å²) in [6, 6.07) is 6.92. The summed E-state index contributed by atoms with van der Waals surface area (Å²) in [6.07, 6.45) is 3.13. The normalized spacial score (nSPS) is 15.3. The van der Waals surface area contributed by atoms with Crippen LogP contribution in [0.4, 0.5) is 5.82 Å². The van der Waals surface area contributed by atoms with Crippen molar-refractivity contribution in [1.82, 2.24) is 29.7 Å². The van der Waals surface area contributed by atoms with E-state index in [0.29, 0.717) is 35.0 Å². The Bertz CT molecular complexity index is 1250. The van der Waals surface area contributed by atoms with Gasteiger partial charge in [-0.2, -0.15) is 0 Å². The van der Waals surface area contributed by atoms with Gasteiger partial charge in [-0.1, -0.05) is 30.7 Å². The lowest BCUT2D eigenvalue weighted by atomic mass is 10.1. The second-order valence-electron chi connectivity index (χ2n) is 9.45. The Hall–Kier alpha value is -2.56. The summed E-state index contributed by atoms with van der Waals surface area (Å²) in [5, 5.41) is 6.77. The van der Waals surface area contributed by atoms with E-state index in [-0.39, 0.29) is 25.1 Å². The highest BCUT2D eigenvalue weighted by molar-refractivity contribution is 7.59. The van der Waals surface area contributed by atoms with Crippen LogP contribution in [0.2, 0.25) is 5.02 Å². The van der Waals surface area contributed by atoms with Gasteiger partial charge in [-0.3, -0.25) is 9.36 Å². The molecule has 0 aliphatic heterocycles. The van der Waals surface area contributed by atoms with Crippen LogP contribution in [0, 0.1) is 0 Å². The number of esters is 1. The summed E-state index contributed by atoms with van der Waals surface area (Å²) in [6.45, 7) is 9.59. The number of hydrogen-bond acceptors (Lipinski definition) is 8. The number of hydrogen-bond donors (Lipinski definition) is 3. The number of nitrogen functional groups attached to an aromatic ring is 1. The second-order valence-corrected chi connectivity index (χ2v) is 12.1. The summed E-state index contributed by atoms with van der Waals surface area (Å²) in [5.74, 6) is -0.200. The molecule has 0 bridgehead atoms. The number of rotatable bonds is 13. The van der Waals surface area contributed by atoms with Gasteiger partial charge in [-0.05, 0) is 51.8 Å². The number of halogens is 1. The molecule has 0 saturated carbocycles.